The molecular formula is C23H23N3O4. The first-order valence-corrected chi connectivity index (χ1v) is 9.85. The highest BCUT2D eigenvalue weighted by molar-refractivity contribution is 6.01. The van der Waals surface area contributed by atoms with E-state index in [2.05, 4.69) is 10.3 Å². The van der Waals surface area contributed by atoms with Gasteiger partial charge in [-0.1, -0.05) is 36.4 Å². The van der Waals surface area contributed by atoms with Gasteiger partial charge in [0, 0.05) is 42.2 Å². The smallest absolute Gasteiger partial charge is 0.328 e. The fourth-order valence-electron chi connectivity index (χ4n) is 3.89. The number of amides is 2. The second-order valence-electron chi connectivity index (χ2n) is 7.39. The van der Waals surface area contributed by atoms with Crippen LogP contribution in [-0.2, 0) is 25.5 Å². The van der Waals surface area contributed by atoms with Crippen molar-refractivity contribution in [2.75, 3.05) is 18.6 Å². The molecule has 0 spiro atoms. The third-order valence-electron chi connectivity index (χ3n) is 5.46. The number of benzene rings is 2. The predicted octanol–water partition coefficient (Wildman–Crippen LogP) is 2.42. The van der Waals surface area contributed by atoms with Crippen LogP contribution in [0.1, 0.15) is 12.0 Å². The van der Waals surface area contributed by atoms with E-state index in [4.69, 9.17) is 4.74 Å². The minimum absolute atomic E-state index is 0.104. The van der Waals surface area contributed by atoms with E-state index in [9.17, 15) is 14.4 Å². The molecule has 2 atom stereocenters. The van der Waals surface area contributed by atoms with Crippen LogP contribution < -0.4 is 10.2 Å². The third kappa shape index (κ3) is 3.91. The number of rotatable bonds is 6. The van der Waals surface area contributed by atoms with Crippen molar-refractivity contribution in [2.45, 2.75) is 18.9 Å². The zero-order valence-electron chi connectivity index (χ0n) is 16.6. The number of carbonyl (C=O) groups excluding carboxylic acids is 3. The molecule has 2 heterocycles. The lowest BCUT2D eigenvalue weighted by molar-refractivity contribution is -0.145. The molecule has 30 heavy (non-hydrogen) atoms. The van der Waals surface area contributed by atoms with Crippen molar-refractivity contribution < 1.29 is 19.1 Å². The first-order chi connectivity index (χ1) is 14.6. The highest BCUT2D eigenvalue weighted by Gasteiger charge is 2.36. The van der Waals surface area contributed by atoms with Crippen molar-refractivity contribution in [3.63, 3.8) is 0 Å². The van der Waals surface area contributed by atoms with Crippen LogP contribution in [0, 0.1) is 5.92 Å². The summed E-state index contributed by atoms with van der Waals surface area (Å²) in [6.07, 6.45) is 2.25. The topological polar surface area (TPSA) is 91.5 Å². The first-order valence-electron chi connectivity index (χ1n) is 9.85. The highest BCUT2D eigenvalue weighted by Crippen LogP contribution is 2.25. The summed E-state index contributed by atoms with van der Waals surface area (Å²) in [6.45, 7) is 0.287. The average molecular weight is 405 g/mol. The van der Waals surface area contributed by atoms with E-state index >= 15 is 0 Å². The summed E-state index contributed by atoms with van der Waals surface area (Å²) in [4.78, 5) is 42.4. The standard InChI is InChI=1S/C23H23N3O4/c1-30-23(29)20(11-15-13-24-19-10-6-5-9-18(15)19)25-22(28)16-12-21(27)26(14-16)17-7-3-2-4-8-17/h2-10,13,16,20,24H,11-12,14H2,1H3,(H,25,28)/t16?,20-/m1/s1. The number of para-hydroxylation sites is 2. The van der Waals surface area contributed by atoms with Crippen molar-refractivity contribution in [1.82, 2.24) is 10.3 Å². The summed E-state index contributed by atoms with van der Waals surface area (Å²) in [5.41, 5.74) is 2.64. The van der Waals surface area contributed by atoms with E-state index < -0.39 is 17.9 Å². The number of hydrogen-bond donors (Lipinski definition) is 2. The molecule has 2 N–H and O–H groups in total. The molecule has 0 bridgehead atoms. The maximum atomic E-state index is 12.9. The van der Waals surface area contributed by atoms with E-state index in [-0.39, 0.29) is 24.8 Å². The number of carbonyl (C=O) groups is 3. The van der Waals surface area contributed by atoms with Crippen LogP contribution in [0.25, 0.3) is 10.9 Å². The van der Waals surface area contributed by atoms with Crippen molar-refractivity contribution in [3.05, 3.63) is 66.4 Å². The van der Waals surface area contributed by atoms with Crippen molar-refractivity contribution in [1.29, 1.82) is 0 Å². The number of H-pyrrole nitrogens is 1. The number of aromatic nitrogens is 1. The van der Waals surface area contributed by atoms with Crippen molar-refractivity contribution in [2.24, 2.45) is 5.92 Å². The van der Waals surface area contributed by atoms with Crippen LogP contribution in [0.3, 0.4) is 0 Å². The number of nitrogens with one attached hydrogen (secondary N) is 2. The summed E-state index contributed by atoms with van der Waals surface area (Å²) >= 11 is 0. The normalized spacial score (nSPS) is 17.2. The van der Waals surface area contributed by atoms with Gasteiger partial charge >= 0.3 is 5.97 Å². The molecule has 4 rings (SSSR count). The molecule has 1 aliphatic rings. The first kappa shape index (κ1) is 19.7. The van der Waals surface area contributed by atoms with Crippen LogP contribution in [0.5, 0.6) is 0 Å². The lowest BCUT2D eigenvalue weighted by Crippen LogP contribution is -2.46. The molecule has 2 amide bonds. The van der Waals surface area contributed by atoms with Crippen LogP contribution in [0.4, 0.5) is 5.69 Å². The monoisotopic (exact) mass is 405 g/mol. The van der Waals surface area contributed by atoms with Gasteiger partial charge < -0.3 is 19.9 Å². The Morgan fingerprint density at radius 3 is 2.67 bits per heavy atom. The molecule has 7 heteroatoms. The molecule has 1 aliphatic heterocycles. The van der Waals surface area contributed by atoms with E-state index in [1.165, 1.54) is 7.11 Å². The van der Waals surface area contributed by atoms with Gasteiger partial charge in [0.2, 0.25) is 11.8 Å². The Bertz CT molecular complexity index is 1080. The lowest BCUT2D eigenvalue weighted by Gasteiger charge is -2.19. The number of ether oxygens (including phenoxy) is 1. The Morgan fingerprint density at radius 2 is 1.90 bits per heavy atom. The SMILES string of the molecule is COC(=O)[C@@H](Cc1c[nH]c2ccccc12)NC(=O)C1CC(=O)N(c2ccccc2)C1. The van der Waals surface area contributed by atoms with E-state index in [1.807, 2.05) is 60.8 Å². The molecule has 1 unspecified atom stereocenters. The molecule has 7 nitrogen and oxygen atoms in total. The summed E-state index contributed by atoms with van der Waals surface area (Å²) in [5, 5.41) is 3.79. The Labute approximate surface area is 174 Å². The van der Waals surface area contributed by atoms with Gasteiger partial charge in [-0.05, 0) is 23.8 Å². The second kappa shape index (κ2) is 8.41. The van der Waals surface area contributed by atoms with E-state index in [1.54, 1.807) is 4.90 Å². The molecule has 1 aromatic heterocycles. The van der Waals surface area contributed by atoms with Crippen LogP contribution >= 0.6 is 0 Å². The molecule has 154 valence electrons. The van der Waals surface area contributed by atoms with Gasteiger partial charge in [0.1, 0.15) is 6.04 Å². The number of nitrogens with zero attached hydrogens (tertiary/aromatic N) is 1. The van der Waals surface area contributed by atoms with Gasteiger partial charge in [0.25, 0.3) is 0 Å². The number of anilines is 1. The molecule has 0 saturated carbocycles. The summed E-state index contributed by atoms with van der Waals surface area (Å²) in [7, 11) is 1.30. The fourth-order valence-corrected chi connectivity index (χ4v) is 3.89. The molecule has 0 radical (unpaired) electrons. The van der Waals surface area contributed by atoms with Crippen molar-refractivity contribution in [3.8, 4) is 0 Å². The summed E-state index contributed by atoms with van der Waals surface area (Å²) in [6, 6.07) is 16.2. The molecular weight excluding hydrogens is 382 g/mol. The fraction of sp³-hybridized carbons (Fsp3) is 0.261. The minimum atomic E-state index is -0.831. The lowest BCUT2D eigenvalue weighted by atomic mass is 10.0. The zero-order chi connectivity index (χ0) is 21.1. The maximum Gasteiger partial charge on any atom is 0.328 e. The zero-order valence-corrected chi connectivity index (χ0v) is 16.6. The van der Waals surface area contributed by atoms with E-state index in [0.29, 0.717) is 6.42 Å². The van der Waals surface area contributed by atoms with Gasteiger partial charge in [-0.3, -0.25) is 9.59 Å². The van der Waals surface area contributed by atoms with Gasteiger partial charge in [-0.25, -0.2) is 4.79 Å². The number of aromatic amines is 1. The van der Waals surface area contributed by atoms with Crippen LogP contribution in [-0.4, -0.2) is 42.5 Å². The summed E-state index contributed by atoms with van der Waals surface area (Å²) < 4.78 is 4.91. The van der Waals surface area contributed by atoms with Crippen molar-refractivity contribution >= 4 is 34.4 Å². The van der Waals surface area contributed by atoms with Gasteiger partial charge in [0.05, 0.1) is 13.0 Å². The predicted molar refractivity (Wildman–Crippen MR) is 113 cm³/mol. The Morgan fingerprint density at radius 1 is 1.17 bits per heavy atom. The van der Waals surface area contributed by atoms with Crippen LogP contribution in [0.2, 0.25) is 0 Å². The number of hydrogen-bond acceptors (Lipinski definition) is 4. The number of methoxy groups -OCH3 is 1. The van der Waals surface area contributed by atoms with Gasteiger partial charge in [0.15, 0.2) is 0 Å². The molecule has 3 aromatic rings. The number of esters is 1. The Balaban J connectivity index is 1.47. The minimum Gasteiger partial charge on any atom is -0.467 e. The number of fused-ring (bicyclic) bond motifs is 1. The highest BCUT2D eigenvalue weighted by atomic mass is 16.5. The molecule has 0 aliphatic carbocycles. The largest absolute Gasteiger partial charge is 0.467 e. The van der Waals surface area contributed by atoms with E-state index in [0.717, 1.165) is 22.2 Å². The third-order valence-corrected chi connectivity index (χ3v) is 5.46. The average Bonchev–Trinajstić information content (AvgIpc) is 3.37. The van der Waals surface area contributed by atoms with Gasteiger partial charge in [-0.15, -0.1) is 0 Å². The Hall–Kier alpha value is -3.61. The maximum absolute atomic E-state index is 12.9. The van der Waals surface area contributed by atoms with Gasteiger partial charge in [-0.2, -0.15) is 0 Å². The second-order valence-corrected chi connectivity index (χ2v) is 7.39. The quantitative estimate of drug-likeness (QED) is 0.616. The molecule has 1 fully saturated rings. The molecule has 1 saturated heterocycles. The molecule has 2 aromatic carbocycles. The Kier molecular flexibility index (Phi) is 5.52. The van der Waals surface area contributed by atoms with Crippen LogP contribution in [0.15, 0.2) is 60.8 Å². The summed E-state index contributed by atoms with van der Waals surface area (Å²) in [5.74, 6) is -1.46.